The van der Waals surface area contributed by atoms with Gasteiger partial charge in [-0.05, 0) is 46.3 Å². The zero-order valence-corrected chi connectivity index (χ0v) is 12.3. The molecule has 0 aromatic heterocycles. The van der Waals surface area contributed by atoms with Gasteiger partial charge in [-0.2, -0.15) is 0 Å². The fourth-order valence-corrected chi connectivity index (χ4v) is 1.80. The number of anilines is 2. The van der Waals surface area contributed by atoms with Gasteiger partial charge in [-0.3, -0.25) is 4.79 Å². The lowest BCUT2D eigenvalue weighted by Crippen LogP contribution is -2.20. The topological polar surface area (TPSA) is 64.3 Å². The lowest BCUT2D eigenvalue weighted by molar-refractivity contribution is -0.118. The van der Waals surface area contributed by atoms with Crippen molar-refractivity contribution in [3.8, 4) is 5.75 Å². The summed E-state index contributed by atoms with van der Waals surface area (Å²) < 4.78 is 31.6. The normalized spacial score (nSPS) is 10.2. The van der Waals surface area contributed by atoms with Gasteiger partial charge < -0.3 is 15.8 Å². The number of carbonyl (C=O) groups is 1. The van der Waals surface area contributed by atoms with Gasteiger partial charge in [0, 0.05) is 6.07 Å². The summed E-state index contributed by atoms with van der Waals surface area (Å²) in [5.41, 5.74) is 5.96. The third-order valence-electron chi connectivity index (χ3n) is 2.55. The molecular weight excluding hydrogens is 346 g/mol. The van der Waals surface area contributed by atoms with Gasteiger partial charge in [0.25, 0.3) is 5.91 Å². The summed E-state index contributed by atoms with van der Waals surface area (Å²) in [5.74, 6) is -1.25. The van der Waals surface area contributed by atoms with Crippen LogP contribution in [0, 0.1) is 11.6 Å². The lowest BCUT2D eigenvalue weighted by atomic mass is 10.2. The maximum atomic E-state index is 13.3. The van der Waals surface area contributed by atoms with Crippen LogP contribution >= 0.6 is 15.9 Å². The Bertz CT molecular complexity index is 680. The second-order valence-electron chi connectivity index (χ2n) is 4.14. The molecule has 0 heterocycles. The fraction of sp³-hybridized carbons (Fsp3) is 0.0714. The molecule has 0 saturated carbocycles. The van der Waals surface area contributed by atoms with Gasteiger partial charge in [-0.15, -0.1) is 0 Å². The first-order chi connectivity index (χ1) is 9.95. The van der Waals surface area contributed by atoms with E-state index in [-0.39, 0.29) is 23.7 Å². The van der Waals surface area contributed by atoms with Crippen LogP contribution in [0.15, 0.2) is 40.9 Å². The molecule has 21 heavy (non-hydrogen) atoms. The molecule has 0 aliphatic rings. The fourth-order valence-electron chi connectivity index (χ4n) is 1.55. The Morgan fingerprint density at radius 1 is 1.24 bits per heavy atom. The molecule has 7 heteroatoms. The third kappa shape index (κ3) is 4.16. The largest absolute Gasteiger partial charge is 0.484 e. The smallest absolute Gasteiger partial charge is 0.262 e. The maximum absolute atomic E-state index is 13.3. The van der Waals surface area contributed by atoms with E-state index in [4.69, 9.17) is 10.5 Å². The lowest BCUT2D eigenvalue weighted by Gasteiger charge is -2.09. The first-order valence-electron chi connectivity index (χ1n) is 5.88. The van der Waals surface area contributed by atoms with Crippen molar-refractivity contribution in [2.24, 2.45) is 0 Å². The number of ether oxygens (including phenoxy) is 1. The maximum Gasteiger partial charge on any atom is 0.262 e. The number of amides is 1. The van der Waals surface area contributed by atoms with Gasteiger partial charge >= 0.3 is 0 Å². The summed E-state index contributed by atoms with van der Waals surface area (Å²) in [7, 11) is 0. The Hall–Kier alpha value is -2.15. The van der Waals surface area contributed by atoms with Gasteiger partial charge in [0.1, 0.15) is 17.4 Å². The standard InChI is InChI=1S/C14H11BrF2N2O2/c15-10-3-2-9(6-11(10)17)21-7-14(20)19-13-4-1-8(16)5-12(13)18/h1-6H,7,18H2,(H,19,20). The van der Waals surface area contributed by atoms with E-state index in [0.29, 0.717) is 4.47 Å². The van der Waals surface area contributed by atoms with E-state index >= 15 is 0 Å². The van der Waals surface area contributed by atoms with Crippen molar-refractivity contribution in [1.29, 1.82) is 0 Å². The summed E-state index contributed by atoms with van der Waals surface area (Å²) in [6.07, 6.45) is 0. The first kappa shape index (κ1) is 15.2. The highest BCUT2D eigenvalue weighted by Crippen LogP contribution is 2.21. The number of hydrogen-bond donors (Lipinski definition) is 2. The number of halogens is 3. The first-order valence-corrected chi connectivity index (χ1v) is 6.68. The molecule has 1 amide bonds. The van der Waals surface area contributed by atoms with Crippen molar-refractivity contribution in [2.75, 3.05) is 17.7 Å². The Labute approximate surface area is 128 Å². The van der Waals surface area contributed by atoms with Gasteiger partial charge in [-0.25, -0.2) is 8.78 Å². The number of nitrogens with one attached hydrogen (secondary N) is 1. The van der Waals surface area contributed by atoms with Crippen molar-refractivity contribution < 1.29 is 18.3 Å². The summed E-state index contributed by atoms with van der Waals surface area (Å²) in [5, 5.41) is 2.48. The molecular formula is C14H11BrF2N2O2. The second-order valence-corrected chi connectivity index (χ2v) is 5.00. The molecule has 0 atom stereocenters. The van der Waals surface area contributed by atoms with Crippen molar-refractivity contribution in [1.82, 2.24) is 0 Å². The highest BCUT2D eigenvalue weighted by Gasteiger charge is 2.08. The van der Waals surface area contributed by atoms with E-state index in [1.807, 2.05) is 0 Å². The van der Waals surface area contributed by atoms with Crippen LogP contribution in [0.3, 0.4) is 0 Å². The molecule has 110 valence electrons. The predicted molar refractivity (Wildman–Crippen MR) is 79.0 cm³/mol. The average Bonchev–Trinajstić information content (AvgIpc) is 2.43. The molecule has 0 bridgehead atoms. The molecule has 2 aromatic carbocycles. The molecule has 3 N–H and O–H groups in total. The number of rotatable bonds is 4. The number of benzene rings is 2. The van der Waals surface area contributed by atoms with Gasteiger partial charge in [0.15, 0.2) is 6.61 Å². The van der Waals surface area contributed by atoms with Crippen LogP contribution in [0.1, 0.15) is 0 Å². The van der Waals surface area contributed by atoms with E-state index in [1.54, 1.807) is 0 Å². The van der Waals surface area contributed by atoms with Crippen LogP contribution in [-0.4, -0.2) is 12.5 Å². The molecule has 4 nitrogen and oxygen atoms in total. The predicted octanol–water partition coefficient (Wildman–Crippen LogP) is 3.33. The molecule has 2 rings (SSSR count). The Morgan fingerprint density at radius 3 is 2.67 bits per heavy atom. The number of hydrogen-bond acceptors (Lipinski definition) is 3. The van der Waals surface area contributed by atoms with E-state index in [2.05, 4.69) is 21.2 Å². The molecule has 0 aliphatic carbocycles. The summed E-state index contributed by atoms with van der Waals surface area (Å²) in [4.78, 5) is 11.7. The van der Waals surface area contributed by atoms with E-state index in [1.165, 1.54) is 24.3 Å². The quantitative estimate of drug-likeness (QED) is 0.825. The number of nitrogens with two attached hydrogens (primary N) is 1. The minimum absolute atomic E-state index is 0.109. The van der Waals surface area contributed by atoms with E-state index in [9.17, 15) is 13.6 Å². The molecule has 0 aliphatic heterocycles. The Morgan fingerprint density at radius 2 is 2.00 bits per heavy atom. The van der Waals surface area contributed by atoms with Crippen LogP contribution in [0.5, 0.6) is 5.75 Å². The van der Waals surface area contributed by atoms with E-state index < -0.39 is 17.5 Å². The molecule has 0 fully saturated rings. The zero-order chi connectivity index (χ0) is 15.4. The minimum Gasteiger partial charge on any atom is -0.484 e. The summed E-state index contributed by atoms with van der Waals surface area (Å²) >= 11 is 3.01. The number of carbonyl (C=O) groups excluding carboxylic acids is 1. The highest BCUT2D eigenvalue weighted by atomic mass is 79.9. The highest BCUT2D eigenvalue weighted by molar-refractivity contribution is 9.10. The Kier molecular flexibility index (Phi) is 4.74. The van der Waals surface area contributed by atoms with Gasteiger partial charge in [0.2, 0.25) is 0 Å². The number of nitrogen functional groups attached to an aromatic ring is 1. The van der Waals surface area contributed by atoms with Crippen LogP contribution in [0.25, 0.3) is 0 Å². The van der Waals surface area contributed by atoms with Crippen molar-refractivity contribution in [2.45, 2.75) is 0 Å². The van der Waals surface area contributed by atoms with Crippen LogP contribution in [0.4, 0.5) is 20.2 Å². The molecule has 0 radical (unpaired) electrons. The van der Waals surface area contributed by atoms with Crippen LogP contribution in [-0.2, 0) is 4.79 Å². The van der Waals surface area contributed by atoms with Crippen molar-refractivity contribution in [3.05, 3.63) is 52.5 Å². The summed E-state index contributed by atoms with van der Waals surface area (Å²) in [6, 6.07) is 7.77. The van der Waals surface area contributed by atoms with Crippen LogP contribution < -0.4 is 15.8 Å². The Balaban J connectivity index is 1.94. The molecule has 0 saturated heterocycles. The van der Waals surface area contributed by atoms with Crippen molar-refractivity contribution >= 4 is 33.2 Å². The zero-order valence-electron chi connectivity index (χ0n) is 10.7. The monoisotopic (exact) mass is 356 g/mol. The molecule has 0 spiro atoms. The molecule has 0 unspecified atom stereocenters. The van der Waals surface area contributed by atoms with Gasteiger partial charge in [0.05, 0.1) is 15.8 Å². The minimum atomic E-state index is -0.493. The van der Waals surface area contributed by atoms with E-state index in [0.717, 1.165) is 12.1 Å². The second kappa shape index (κ2) is 6.53. The average molecular weight is 357 g/mol. The summed E-state index contributed by atoms with van der Waals surface area (Å²) in [6.45, 7) is -0.322. The SMILES string of the molecule is Nc1cc(F)ccc1NC(=O)COc1ccc(Br)c(F)c1. The van der Waals surface area contributed by atoms with Crippen LogP contribution in [0.2, 0.25) is 0 Å². The van der Waals surface area contributed by atoms with Crippen molar-refractivity contribution in [3.63, 3.8) is 0 Å². The molecule has 2 aromatic rings. The third-order valence-corrected chi connectivity index (χ3v) is 3.19. The van der Waals surface area contributed by atoms with Gasteiger partial charge in [-0.1, -0.05) is 0 Å².